The Labute approximate surface area is 256 Å². The summed E-state index contributed by atoms with van der Waals surface area (Å²) >= 11 is 0. The molecule has 44 heavy (non-hydrogen) atoms. The number of nitrogens with two attached hydrogens (primary N) is 1. The van der Waals surface area contributed by atoms with E-state index in [1.54, 1.807) is 9.47 Å². The summed E-state index contributed by atoms with van der Waals surface area (Å²) in [7, 11) is 1.43. The molecule has 6 N–H and O–H groups in total. The number of piperidine rings is 1. The quantitative estimate of drug-likeness (QED) is 0.0891. The molecule has 0 bridgehead atoms. The molecule has 0 aliphatic carbocycles. The van der Waals surface area contributed by atoms with Crippen LogP contribution in [0.3, 0.4) is 0 Å². The van der Waals surface area contributed by atoms with Gasteiger partial charge in [-0.05, 0) is 56.0 Å². The Kier molecular flexibility index (Phi) is 10.4. The van der Waals surface area contributed by atoms with E-state index in [9.17, 15) is 14.4 Å². The fourth-order valence-corrected chi connectivity index (χ4v) is 6.23. The fourth-order valence-electron chi connectivity index (χ4n) is 6.23. The number of aromatic nitrogens is 3. The van der Waals surface area contributed by atoms with Gasteiger partial charge in [0.2, 0.25) is 5.91 Å². The Morgan fingerprint density at radius 3 is 2.52 bits per heavy atom. The average molecular weight is 606 g/mol. The number of likely N-dealkylation sites (tertiary alicyclic amines) is 1. The number of carbonyl (C=O) groups excluding carboxylic acids is 2. The van der Waals surface area contributed by atoms with Gasteiger partial charge in [0, 0.05) is 42.1 Å². The molecule has 3 heterocycles. The van der Waals surface area contributed by atoms with E-state index in [4.69, 9.17) is 15.5 Å². The van der Waals surface area contributed by atoms with Crippen molar-refractivity contribution >= 4 is 33.9 Å². The zero-order valence-corrected chi connectivity index (χ0v) is 25.4. The molecule has 1 aliphatic rings. The molecule has 12 nitrogen and oxygen atoms in total. The molecule has 3 amide bonds. The monoisotopic (exact) mass is 605 g/mol. The van der Waals surface area contributed by atoms with Crippen LogP contribution in [0, 0.1) is 0 Å². The molecule has 3 atom stereocenters. The highest BCUT2D eigenvalue weighted by Gasteiger charge is 2.34. The Morgan fingerprint density at radius 2 is 1.77 bits per heavy atom. The first-order valence-corrected chi connectivity index (χ1v) is 15.4. The average Bonchev–Trinajstić information content (AvgIpc) is 3.62. The van der Waals surface area contributed by atoms with Gasteiger partial charge in [0.25, 0.3) is 0 Å². The minimum Gasteiger partial charge on any atom is -0.361 e. The van der Waals surface area contributed by atoms with Crippen molar-refractivity contribution in [2.24, 2.45) is 5.73 Å². The number of hydrogen-bond donors (Lipinski definition) is 5. The van der Waals surface area contributed by atoms with E-state index < -0.39 is 6.04 Å². The maximum absolute atomic E-state index is 13.9. The van der Waals surface area contributed by atoms with Crippen LogP contribution in [-0.4, -0.2) is 76.8 Å². The number of fused-ring (bicyclic) bond motifs is 2. The van der Waals surface area contributed by atoms with Crippen molar-refractivity contribution in [2.75, 3.05) is 33.4 Å². The highest BCUT2D eigenvalue weighted by molar-refractivity contribution is 5.90. The van der Waals surface area contributed by atoms with Gasteiger partial charge in [-0.15, -0.1) is 0 Å². The second kappa shape index (κ2) is 14.6. The summed E-state index contributed by atoms with van der Waals surface area (Å²) in [6, 6.07) is 14.0. The molecule has 1 saturated heterocycles. The number of hydrogen-bond acceptors (Lipinski definition) is 6. The van der Waals surface area contributed by atoms with Crippen molar-refractivity contribution in [3.8, 4) is 0 Å². The standard InChI is InChI=1S/C32H43N7O5/c1-21(25-19-34-26-11-4-3-10-24(25)26)29(30(40)35-22(20-44-43-2)9-7-8-16-33)37-31(41)38-17-14-23(15-18-38)39-28-13-6-5-12-27(28)36-32(39)42/h3-6,10-13,19,21-23,29,34H,7-9,14-18,20,33H2,1-2H3,(H,35,40)(H,36,42)(H,37,41)/t21-,22?,29?/m1/s1. The Balaban J connectivity index is 1.31. The zero-order valence-electron chi connectivity index (χ0n) is 25.4. The number of nitrogens with zero attached hydrogens (tertiary/aromatic N) is 2. The van der Waals surface area contributed by atoms with Gasteiger partial charge in [-0.2, -0.15) is 0 Å². The molecule has 0 radical (unpaired) electrons. The van der Waals surface area contributed by atoms with Crippen molar-refractivity contribution in [3.63, 3.8) is 0 Å². The highest BCUT2D eigenvalue weighted by atomic mass is 17.2. The second-order valence-electron chi connectivity index (χ2n) is 11.5. The summed E-state index contributed by atoms with van der Waals surface area (Å²) in [5, 5.41) is 7.14. The van der Waals surface area contributed by atoms with E-state index in [-0.39, 0.29) is 42.2 Å². The molecule has 5 rings (SSSR count). The summed E-state index contributed by atoms with van der Waals surface area (Å²) in [5.41, 5.74) is 9.10. The summed E-state index contributed by atoms with van der Waals surface area (Å²) in [5.74, 6) is -0.640. The molecule has 2 aromatic heterocycles. The van der Waals surface area contributed by atoms with Crippen molar-refractivity contribution in [1.29, 1.82) is 0 Å². The third-order valence-corrected chi connectivity index (χ3v) is 8.65. The molecule has 1 fully saturated rings. The van der Waals surface area contributed by atoms with Gasteiger partial charge >= 0.3 is 11.7 Å². The highest BCUT2D eigenvalue weighted by Crippen LogP contribution is 2.29. The Bertz CT molecular complexity index is 1600. The molecule has 2 unspecified atom stereocenters. The predicted molar refractivity (Wildman–Crippen MR) is 169 cm³/mol. The lowest BCUT2D eigenvalue weighted by Gasteiger charge is -2.34. The molecule has 2 aromatic carbocycles. The van der Waals surface area contributed by atoms with Crippen LogP contribution in [0.4, 0.5) is 4.79 Å². The van der Waals surface area contributed by atoms with Gasteiger partial charge in [-0.3, -0.25) is 9.36 Å². The molecular weight excluding hydrogens is 562 g/mol. The van der Waals surface area contributed by atoms with E-state index in [1.807, 2.05) is 61.7 Å². The molecule has 4 aromatic rings. The number of aromatic amines is 2. The molecule has 0 spiro atoms. The van der Waals surface area contributed by atoms with E-state index in [0.29, 0.717) is 38.9 Å². The zero-order chi connectivity index (χ0) is 31.1. The molecular formula is C32H43N7O5. The summed E-state index contributed by atoms with van der Waals surface area (Å²) in [4.78, 5) is 58.2. The van der Waals surface area contributed by atoms with Crippen molar-refractivity contribution in [1.82, 2.24) is 30.1 Å². The lowest BCUT2D eigenvalue weighted by Crippen LogP contribution is -2.56. The number of urea groups is 1. The molecule has 0 saturated carbocycles. The molecule has 236 valence electrons. The van der Waals surface area contributed by atoms with E-state index in [2.05, 4.69) is 20.6 Å². The first-order valence-electron chi connectivity index (χ1n) is 15.4. The van der Waals surface area contributed by atoms with E-state index >= 15 is 0 Å². The summed E-state index contributed by atoms with van der Waals surface area (Å²) < 4.78 is 1.80. The van der Waals surface area contributed by atoms with Crippen LogP contribution in [0.5, 0.6) is 0 Å². The first-order chi connectivity index (χ1) is 21.4. The number of benzene rings is 2. The van der Waals surface area contributed by atoms with Gasteiger partial charge in [-0.25, -0.2) is 19.4 Å². The van der Waals surface area contributed by atoms with Crippen molar-refractivity contribution < 1.29 is 19.4 Å². The van der Waals surface area contributed by atoms with Crippen LogP contribution in [0.15, 0.2) is 59.5 Å². The van der Waals surface area contributed by atoms with Gasteiger partial charge in [0.15, 0.2) is 0 Å². The number of unbranched alkanes of at least 4 members (excludes halogenated alkanes) is 1. The SMILES string of the molecule is COOCC(CCCCN)NC(=O)C(NC(=O)N1CCC(n2c(=O)[nH]c3ccccc32)CC1)[C@H](C)c1c[nH]c2ccccc12. The van der Waals surface area contributed by atoms with Crippen LogP contribution in [0.25, 0.3) is 21.9 Å². The first kappa shape index (κ1) is 31.3. The maximum Gasteiger partial charge on any atom is 0.326 e. The number of para-hydroxylation sites is 3. The van der Waals surface area contributed by atoms with Crippen LogP contribution in [0.2, 0.25) is 0 Å². The van der Waals surface area contributed by atoms with Crippen molar-refractivity contribution in [2.45, 2.75) is 63.1 Å². The number of amides is 3. The Morgan fingerprint density at radius 1 is 1.05 bits per heavy atom. The van der Waals surface area contributed by atoms with Gasteiger partial charge < -0.3 is 31.2 Å². The van der Waals surface area contributed by atoms with E-state index in [1.165, 1.54) is 7.11 Å². The Hall–Kier alpha value is -4.13. The van der Waals surface area contributed by atoms with Crippen LogP contribution < -0.4 is 22.1 Å². The fraction of sp³-hybridized carbons (Fsp3) is 0.469. The van der Waals surface area contributed by atoms with Crippen molar-refractivity contribution in [3.05, 3.63) is 70.8 Å². The lowest BCUT2D eigenvalue weighted by molar-refractivity contribution is -0.276. The largest absolute Gasteiger partial charge is 0.361 e. The minimum absolute atomic E-state index is 0.0259. The predicted octanol–water partition coefficient (Wildman–Crippen LogP) is 3.52. The van der Waals surface area contributed by atoms with Crippen LogP contribution in [-0.2, 0) is 14.6 Å². The molecule has 12 heteroatoms. The number of nitrogens with one attached hydrogen (secondary N) is 4. The van der Waals surface area contributed by atoms with Gasteiger partial charge in [0.05, 0.1) is 24.2 Å². The number of H-pyrrole nitrogens is 2. The molecule has 1 aliphatic heterocycles. The van der Waals surface area contributed by atoms with Gasteiger partial charge in [0.1, 0.15) is 12.6 Å². The summed E-state index contributed by atoms with van der Waals surface area (Å²) in [6.45, 7) is 3.61. The van der Waals surface area contributed by atoms with Crippen LogP contribution >= 0.6 is 0 Å². The minimum atomic E-state index is -0.852. The number of imidazole rings is 1. The lowest BCUT2D eigenvalue weighted by atomic mass is 9.92. The summed E-state index contributed by atoms with van der Waals surface area (Å²) in [6.07, 6.45) is 5.46. The van der Waals surface area contributed by atoms with Crippen LogP contribution in [0.1, 0.15) is 56.6 Å². The number of carbonyl (C=O) groups is 2. The van der Waals surface area contributed by atoms with Gasteiger partial charge in [-0.1, -0.05) is 43.7 Å². The second-order valence-corrected chi connectivity index (χ2v) is 11.5. The van der Waals surface area contributed by atoms with E-state index in [0.717, 1.165) is 40.3 Å². The smallest absolute Gasteiger partial charge is 0.326 e. The number of rotatable bonds is 13. The normalized spacial score (nSPS) is 16.2. The maximum atomic E-state index is 13.9. The third kappa shape index (κ3) is 6.98. The third-order valence-electron chi connectivity index (χ3n) is 8.65. The topological polar surface area (TPSA) is 159 Å².